The van der Waals surface area contributed by atoms with Crippen LogP contribution in [0.3, 0.4) is 0 Å². The third kappa shape index (κ3) is 3.38. The van der Waals surface area contributed by atoms with E-state index >= 15 is 0 Å². The molecule has 0 bridgehead atoms. The minimum absolute atomic E-state index is 0.0836. The largest absolute Gasteiger partial charge is 0.505 e. The van der Waals surface area contributed by atoms with E-state index in [0.717, 1.165) is 16.6 Å². The van der Waals surface area contributed by atoms with E-state index in [9.17, 15) is 15.0 Å². The summed E-state index contributed by atoms with van der Waals surface area (Å²) in [7, 11) is 0. The number of hydrazone groups is 1. The van der Waals surface area contributed by atoms with Gasteiger partial charge in [-0.2, -0.15) is 5.10 Å². The van der Waals surface area contributed by atoms with Gasteiger partial charge in [-0.3, -0.25) is 14.8 Å². The molecule has 2 heterocycles. The Hall–Kier alpha value is -3.32. The highest BCUT2D eigenvalue weighted by atomic mass is 16.3. The lowest BCUT2D eigenvalue weighted by Gasteiger charge is -2.08. The Kier molecular flexibility index (Phi) is 4.90. The van der Waals surface area contributed by atoms with Crippen molar-refractivity contribution in [3.05, 3.63) is 64.6 Å². The molecule has 0 atom stereocenters. The molecule has 0 fully saturated rings. The van der Waals surface area contributed by atoms with Gasteiger partial charge in [0.05, 0.1) is 29.6 Å². The molecule has 0 spiro atoms. The zero-order chi connectivity index (χ0) is 18.7. The van der Waals surface area contributed by atoms with Crippen LogP contribution < -0.4 is 5.43 Å². The monoisotopic (exact) mass is 350 g/mol. The number of carbonyl (C=O) groups is 1. The minimum Gasteiger partial charge on any atom is -0.505 e. The highest BCUT2D eigenvalue weighted by molar-refractivity contribution is 6.06. The summed E-state index contributed by atoms with van der Waals surface area (Å²) >= 11 is 0. The van der Waals surface area contributed by atoms with E-state index in [2.05, 4.69) is 20.5 Å². The molecule has 0 aliphatic carbocycles. The van der Waals surface area contributed by atoms with Crippen molar-refractivity contribution in [2.24, 2.45) is 5.10 Å². The molecule has 26 heavy (non-hydrogen) atoms. The number of aliphatic hydroxyl groups excluding tert-OH is 1. The fourth-order valence-electron chi connectivity index (χ4n) is 2.63. The summed E-state index contributed by atoms with van der Waals surface area (Å²) < 4.78 is 0. The van der Waals surface area contributed by atoms with E-state index < -0.39 is 5.91 Å². The fraction of sp³-hybridized carbons (Fsp3) is 0.158. The van der Waals surface area contributed by atoms with Gasteiger partial charge in [-0.25, -0.2) is 5.43 Å². The van der Waals surface area contributed by atoms with Crippen molar-refractivity contribution >= 4 is 23.0 Å². The third-order valence-corrected chi connectivity index (χ3v) is 3.98. The predicted molar refractivity (Wildman–Crippen MR) is 98.1 cm³/mol. The molecule has 7 heteroatoms. The number of amides is 1. The van der Waals surface area contributed by atoms with Crippen molar-refractivity contribution in [3.63, 3.8) is 0 Å². The maximum Gasteiger partial charge on any atom is 0.272 e. The zero-order valence-electron chi connectivity index (χ0n) is 14.4. The molecule has 7 nitrogen and oxygen atoms in total. The van der Waals surface area contributed by atoms with Crippen LogP contribution in [0.5, 0.6) is 5.75 Å². The van der Waals surface area contributed by atoms with Crippen LogP contribution in [0.1, 0.15) is 32.9 Å². The van der Waals surface area contributed by atoms with Gasteiger partial charge < -0.3 is 10.2 Å². The van der Waals surface area contributed by atoms with E-state index in [1.54, 1.807) is 13.0 Å². The molecule has 3 N–H and O–H groups in total. The average molecular weight is 350 g/mol. The number of para-hydroxylation sites is 1. The van der Waals surface area contributed by atoms with Gasteiger partial charge in [0.15, 0.2) is 0 Å². The molecule has 0 saturated heterocycles. The molecule has 1 amide bonds. The quantitative estimate of drug-likeness (QED) is 0.494. The van der Waals surface area contributed by atoms with Gasteiger partial charge in [-0.15, -0.1) is 0 Å². The number of aryl methyl sites for hydroxylation is 2. The second-order valence-electron chi connectivity index (χ2n) is 5.82. The first-order chi connectivity index (χ1) is 12.5. The highest BCUT2D eigenvalue weighted by Gasteiger charge is 2.12. The Bertz CT molecular complexity index is 1020. The second-order valence-corrected chi connectivity index (χ2v) is 5.82. The normalized spacial score (nSPS) is 11.2. The molecule has 0 saturated carbocycles. The summed E-state index contributed by atoms with van der Waals surface area (Å²) in [6, 6.07) is 9.06. The number of aromatic nitrogens is 2. The molecule has 2 aromatic heterocycles. The van der Waals surface area contributed by atoms with Crippen molar-refractivity contribution in [1.82, 2.24) is 15.4 Å². The molecular formula is C19H18N4O3. The topological polar surface area (TPSA) is 108 Å². The molecule has 3 rings (SSSR count). The lowest BCUT2D eigenvalue weighted by Crippen LogP contribution is -2.18. The Morgan fingerprint density at radius 2 is 2.08 bits per heavy atom. The first-order valence-electron chi connectivity index (χ1n) is 7.99. The van der Waals surface area contributed by atoms with Crippen molar-refractivity contribution in [2.75, 3.05) is 0 Å². The van der Waals surface area contributed by atoms with Gasteiger partial charge in [0.1, 0.15) is 5.75 Å². The number of aliphatic hydroxyl groups is 1. The number of aromatic hydroxyl groups is 1. The maximum atomic E-state index is 12.5. The minimum atomic E-state index is -0.390. The van der Waals surface area contributed by atoms with Gasteiger partial charge in [0.25, 0.3) is 5.91 Å². The predicted octanol–water partition coefficient (Wildman–Crippen LogP) is 2.21. The molecule has 1 aromatic carbocycles. The summed E-state index contributed by atoms with van der Waals surface area (Å²) in [5.74, 6) is -0.474. The lowest BCUT2D eigenvalue weighted by atomic mass is 10.1. The summed E-state index contributed by atoms with van der Waals surface area (Å²) in [4.78, 5) is 20.9. The van der Waals surface area contributed by atoms with Crippen LogP contribution >= 0.6 is 0 Å². The van der Waals surface area contributed by atoms with Crippen LogP contribution in [-0.4, -0.2) is 32.3 Å². The molecule has 0 aliphatic rings. The van der Waals surface area contributed by atoms with Crippen molar-refractivity contribution in [3.8, 4) is 5.75 Å². The van der Waals surface area contributed by atoms with Crippen LogP contribution in [0.25, 0.3) is 10.9 Å². The van der Waals surface area contributed by atoms with Gasteiger partial charge in [0.2, 0.25) is 0 Å². The van der Waals surface area contributed by atoms with Crippen LogP contribution in [0.2, 0.25) is 0 Å². The Morgan fingerprint density at radius 3 is 2.85 bits per heavy atom. The van der Waals surface area contributed by atoms with Gasteiger partial charge in [-0.1, -0.05) is 18.2 Å². The Morgan fingerprint density at radius 1 is 1.31 bits per heavy atom. The third-order valence-electron chi connectivity index (χ3n) is 3.98. The average Bonchev–Trinajstić information content (AvgIpc) is 2.64. The van der Waals surface area contributed by atoms with Crippen LogP contribution in [0.15, 0.2) is 41.6 Å². The molecule has 0 unspecified atom stereocenters. The number of fused-ring (bicyclic) bond motifs is 1. The number of benzene rings is 1. The van der Waals surface area contributed by atoms with Gasteiger partial charge >= 0.3 is 0 Å². The van der Waals surface area contributed by atoms with E-state index in [1.165, 1.54) is 12.4 Å². The number of nitrogens with one attached hydrogen (secondary N) is 1. The lowest BCUT2D eigenvalue weighted by molar-refractivity contribution is 0.0956. The van der Waals surface area contributed by atoms with E-state index in [4.69, 9.17) is 0 Å². The van der Waals surface area contributed by atoms with Crippen molar-refractivity contribution < 1.29 is 15.0 Å². The second kappa shape index (κ2) is 7.28. The number of carbonyl (C=O) groups excluding carboxylic acids is 1. The van der Waals surface area contributed by atoms with Gasteiger partial charge in [0, 0.05) is 28.4 Å². The van der Waals surface area contributed by atoms with Crippen molar-refractivity contribution in [1.29, 1.82) is 0 Å². The van der Waals surface area contributed by atoms with Crippen LogP contribution in [-0.2, 0) is 6.61 Å². The van der Waals surface area contributed by atoms with E-state index in [0.29, 0.717) is 22.4 Å². The number of hydrogen-bond acceptors (Lipinski definition) is 6. The molecule has 0 radical (unpaired) electrons. The maximum absolute atomic E-state index is 12.5. The Labute approximate surface area is 150 Å². The molecule has 132 valence electrons. The number of pyridine rings is 2. The summed E-state index contributed by atoms with van der Waals surface area (Å²) in [6.07, 6.45) is 2.75. The number of nitrogens with zero attached hydrogens (tertiary/aromatic N) is 3. The molecule has 3 aromatic rings. The van der Waals surface area contributed by atoms with Crippen LogP contribution in [0, 0.1) is 13.8 Å². The summed E-state index contributed by atoms with van der Waals surface area (Å²) in [6.45, 7) is 3.15. The van der Waals surface area contributed by atoms with E-state index in [-0.39, 0.29) is 12.4 Å². The van der Waals surface area contributed by atoms with Gasteiger partial charge in [-0.05, 0) is 26.0 Å². The standard InChI is InChI=1S/C19H18N4O3/c1-11-7-15(14-5-3-4-6-17(14)22-11)19(26)23-21-9-16-13(10-24)8-20-12(2)18(16)25/h3-9,24-25H,10H2,1-2H3,(H,23,26)/b21-9-. The molecule has 0 aliphatic heterocycles. The zero-order valence-corrected chi connectivity index (χ0v) is 14.4. The Balaban J connectivity index is 1.89. The summed E-state index contributed by atoms with van der Waals surface area (Å²) in [5, 5.41) is 24.1. The first kappa shape index (κ1) is 17.5. The fourth-order valence-corrected chi connectivity index (χ4v) is 2.63. The van der Waals surface area contributed by atoms with E-state index in [1.807, 2.05) is 31.2 Å². The number of hydrogen-bond donors (Lipinski definition) is 3. The SMILES string of the molecule is Cc1cc(C(=O)N/N=C\c2c(CO)cnc(C)c2O)c2ccccc2n1. The highest BCUT2D eigenvalue weighted by Crippen LogP contribution is 2.22. The van der Waals surface area contributed by atoms with Crippen LogP contribution in [0.4, 0.5) is 0 Å². The smallest absolute Gasteiger partial charge is 0.272 e. The van der Waals surface area contributed by atoms with Crippen molar-refractivity contribution in [2.45, 2.75) is 20.5 Å². The number of rotatable bonds is 4. The summed E-state index contributed by atoms with van der Waals surface area (Å²) in [5.41, 5.74) is 5.51. The molecular weight excluding hydrogens is 332 g/mol. The first-order valence-corrected chi connectivity index (χ1v) is 7.99.